The number of hydrogen-bond acceptors (Lipinski definition) is 4. The topological polar surface area (TPSA) is 37.3 Å². The van der Waals surface area contributed by atoms with Gasteiger partial charge >= 0.3 is 0 Å². The Hall–Kier alpha value is -6.10. The van der Waals surface area contributed by atoms with Gasteiger partial charge in [-0.1, -0.05) is 140 Å². The standard InChI is InChI=1S/C45H29N3S/c1-3-11-28(12-4-1)29-19-21-31(22-20-29)42-35-16-8-10-18-39(35)47-45(48-42)32-23-26-40-37(27-32)33-24-25-36-41(44(33)49-40)34-15-7-9-17-38(34)46-43(36)30-13-5-2-6-14-30/h1-27,39H,(H,47,48). The molecule has 230 valence electrons. The molecule has 3 heterocycles. The molecule has 10 rings (SSSR count). The predicted molar refractivity (Wildman–Crippen MR) is 208 cm³/mol. The van der Waals surface area contributed by atoms with E-state index in [0.29, 0.717) is 0 Å². The molecule has 1 aliphatic carbocycles. The fourth-order valence-corrected chi connectivity index (χ4v) is 8.56. The Balaban J connectivity index is 1.13. The van der Waals surface area contributed by atoms with Gasteiger partial charge < -0.3 is 5.32 Å². The van der Waals surface area contributed by atoms with E-state index >= 15 is 0 Å². The fourth-order valence-electron chi connectivity index (χ4n) is 7.31. The maximum absolute atomic E-state index is 5.31. The van der Waals surface area contributed by atoms with Gasteiger partial charge in [0.1, 0.15) is 5.84 Å². The van der Waals surface area contributed by atoms with E-state index in [4.69, 9.17) is 9.98 Å². The number of hydrogen-bond donors (Lipinski definition) is 1. The van der Waals surface area contributed by atoms with Crippen LogP contribution in [-0.4, -0.2) is 16.9 Å². The number of fused-ring (bicyclic) bond motifs is 8. The van der Waals surface area contributed by atoms with Gasteiger partial charge in [0.25, 0.3) is 0 Å². The third-order valence-electron chi connectivity index (χ3n) is 9.70. The summed E-state index contributed by atoms with van der Waals surface area (Å²) in [7, 11) is 0. The van der Waals surface area contributed by atoms with Crippen LogP contribution in [0.5, 0.6) is 0 Å². The molecule has 0 radical (unpaired) electrons. The number of nitrogens with one attached hydrogen (secondary N) is 1. The van der Waals surface area contributed by atoms with Crippen molar-refractivity contribution in [2.45, 2.75) is 6.04 Å². The molecule has 0 bridgehead atoms. The second-order valence-corrected chi connectivity index (χ2v) is 13.6. The molecule has 0 saturated heterocycles. The molecular weight excluding hydrogens is 615 g/mol. The number of para-hydroxylation sites is 1. The first-order chi connectivity index (χ1) is 24.3. The van der Waals surface area contributed by atoms with Crippen LogP contribution in [0.15, 0.2) is 174 Å². The number of aliphatic imine (C=N–C) groups is 1. The number of nitrogens with zero attached hydrogens (tertiary/aromatic N) is 2. The van der Waals surface area contributed by atoms with Crippen molar-refractivity contribution >= 4 is 64.7 Å². The highest BCUT2D eigenvalue weighted by molar-refractivity contribution is 7.26. The average molecular weight is 644 g/mol. The summed E-state index contributed by atoms with van der Waals surface area (Å²) in [6.45, 7) is 0. The maximum Gasteiger partial charge on any atom is 0.134 e. The van der Waals surface area contributed by atoms with Crippen molar-refractivity contribution in [1.29, 1.82) is 0 Å². The second kappa shape index (κ2) is 11.3. The molecule has 0 fully saturated rings. The Morgan fingerprint density at radius 1 is 0.551 bits per heavy atom. The number of aromatic nitrogens is 1. The summed E-state index contributed by atoms with van der Waals surface area (Å²) in [6.07, 6.45) is 8.62. The van der Waals surface area contributed by atoms with E-state index in [-0.39, 0.29) is 6.04 Å². The number of benzene rings is 6. The smallest absolute Gasteiger partial charge is 0.134 e. The summed E-state index contributed by atoms with van der Waals surface area (Å²) in [5.41, 5.74) is 9.97. The van der Waals surface area contributed by atoms with Crippen molar-refractivity contribution in [3.63, 3.8) is 0 Å². The lowest BCUT2D eigenvalue weighted by Crippen LogP contribution is -2.39. The van der Waals surface area contributed by atoms with Gasteiger partial charge in [0.2, 0.25) is 0 Å². The third-order valence-corrected chi connectivity index (χ3v) is 10.9. The number of thiophene rings is 1. The lowest BCUT2D eigenvalue weighted by molar-refractivity contribution is 0.830. The van der Waals surface area contributed by atoms with Crippen LogP contribution in [-0.2, 0) is 0 Å². The maximum atomic E-state index is 5.31. The summed E-state index contributed by atoms with van der Waals surface area (Å²) >= 11 is 1.86. The minimum atomic E-state index is 0.0513. The molecule has 4 heteroatoms. The van der Waals surface area contributed by atoms with Crippen LogP contribution < -0.4 is 5.32 Å². The first-order valence-electron chi connectivity index (χ1n) is 16.6. The van der Waals surface area contributed by atoms with Crippen molar-refractivity contribution in [2.24, 2.45) is 4.99 Å². The van der Waals surface area contributed by atoms with Crippen molar-refractivity contribution in [3.05, 3.63) is 181 Å². The lowest BCUT2D eigenvalue weighted by Gasteiger charge is -2.28. The number of amidine groups is 1. The van der Waals surface area contributed by atoms with Crippen LogP contribution in [0.1, 0.15) is 11.1 Å². The van der Waals surface area contributed by atoms with Crippen LogP contribution in [0.2, 0.25) is 0 Å². The fraction of sp³-hybridized carbons (Fsp3) is 0.0222. The van der Waals surface area contributed by atoms with Gasteiger partial charge in [-0.05, 0) is 35.4 Å². The normalized spacial score (nSPS) is 15.6. The van der Waals surface area contributed by atoms with E-state index in [1.165, 1.54) is 53.0 Å². The van der Waals surface area contributed by atoms with Gasteiger partial charge in [0, 0.05) is 58.6 Å². The summed E-state index contributed by atoms with van der Waals surface area (Å²) in [5, 5.41) is 9.88. The molecule has 6 aromatic carbocycles. The molecular formula is C45H29N3S. The lowest BCUT2D eigenvalue weighted by atomic mass is 9.93. The Morgan fingerprint density at radius 2 is 1.24 bits per heavy atom. The molecule has 1 atom stereocenters. The van der Waals surface area contributed by atoms with Crippen LogP contribution >= 0.6 is 11.3 Å². The molecule has 0 saturated carbocycles. The highest BCUT2D eigenvalue weighted by Gasteiger charge is 2.25. The Labute approximate surface area is 287 Å². The van der Waals surface area contributed by atoms with Crippen LogP contribution in [0.25, 0.3) is 69.9 Å². The van der Waals surface area contributed by atoms with Crippen molar-refractivity contribution in [1.82, 2.24) is 10.3 Å². The second-order valence-electron chi connectivity index (χ2n) is 12.6. The average Bonchev–Trinajstić information content (AvgIpc) is 3.56. The molecule has 2 aliphatic rings. The molecule has 1 N–H and O–H groups in total. The van der Waals surface area contributed by atoms with E-state index in [1.54, 1.807) is 0 Å². The van der Waals surface area contributed by atoms with Gasteiger partial charge in [-0.15, -0.1) is 11.3 Å². The third kappa shape index (κ3) is 4.64. The summed E-state index contributed by atoms with van der Waals surface area (Å²) < 4.78 is 2.55. The zero-order valence-corrected chi connectivity index (χ0v) is 27.3. The zero-order valence-electron chi connectivity index (χ0n) is 26.5. The van der Waals surface area contributed by atoms with Crippen molar-refractivity contribution in [2.75, 3.05) is 0 Å². The monoisotopic (exact) mass is 643 g/mol. The minimum absolute atomic E-state index is 0.0513. The molecule has 8 aromatic rings. The largest absolute Gasteiger partial charge is 0.359 e. The Morgan fingerprint density at radius 3 is 2.08 bits per heavy atom. The van der Waals surface area contributed by atoms with Gasteiger partial charge in [-0.3, -0.25) is 0 Å². The Kier molecular flexibility index (Phi) is 6.42. The first-order valence-corrected chi connectivity index (χ1v) is 17.4. The molecule has 1 unspecified atom stereocenters. The van der Waals surface area contributed by atoms with Crippen molar-refractivity contribution < 1.29 is 0 Å². The van der Waals surface area contributed by atoms with Crippen LogP contribution in [0, 0.1) is 0 Å². The molecule has 0 amide bonds. The Bertz CT molecular complexity index is 2720. The van der Waals surface area contributed by atoms with Gasteiger partial charge in [-0.2, -0.15) is 0 Å². The summed E-state index contributed by atoms with van der Waals surface area (Å²) in [6, 6.07) is 49.8. The van der Waals surface area contributed by atoms with E-state index in [2.05, 4.69) is 169 Å². The summed E-state index contributed by atoms with van der Waals surface area (Å²) in [4.78, 5) is 10.5. The molecule has 1 aliphatic heterocycles. The zero-order chi connectivity index (χ0) is 32.3. The van der Waals surface area contributed by atoms with E-state index in [1.807, 2.05) is 11.3 Å². The molecule has 3 nitrogen and oxygen atoms in total. The predicted octanol–water partition coefficient (Wildman–Crippen LogP) is 11.3. The molecule has 0 spiro atoms. The quantitative estimate of drug-likeness (QED) is 0.194. The van der Waals surface area contributed by atoms with Crippen LogP contribution in [0.4, 0.5) is 0 Å². The number of rotatable bonds is 4. The first kappa shape index (κ1) is 28.0. The molecule has 49 heavy (non-hydrogen) atoms. The van der Waals surface area contributed by atoms with Gasteiger partial charge in [0.15, 0.2) is 0 Å². The van der Waals surface area contributed by atoms with Gasteiger partial charge in [0.05, 0.1) is 22.9 Å². The number of allylic oxidation sites excluding steroid dienone is 2. The van der Waals surface area contributed by atoms with Crippen LogP contribution in [0.3, 0.4) is 0 Å². The van der Waals surface area contributed by atoms with E-state index in [0.717, 1.165) is 39.4 Å². The van der Waals surface area contributed by atoms with E-state index < -0.39 is 0 Å². The van der Waals surface area contributed by atoms with E-state index in [9.17, 15) is 0 Å². The highest BCUT2D eigenvalue weighted by atomic mass is 32.1. The van der Waals surface area contributed by atoms with Gasteiger partial charge in [-0.25, -0.2) is 9.98 Å². The SMILES string of the molecule is C1=CC2=C(c3ccc(-c4ccccc4)cc3)N=C(c3ccc4sc5c(ccc6c(-c7ccccc7)nc7ccccc7c65)c4c3)NC2C=C1. The molecule has 2 aromatic heterocycles. The van der Waals surface area contributed by atoms with Crippen molar-refractivity contribution in [3.8, 4) is 22.4 Å². The number of pyridine rings is 1. The minimum Gasteiger partial charge on any atom is -0.359 e. The highest BCUT2D eigenvalue weighted by Crippen LogP contribution is 2.43. The summed E-state index contributed by atoms with van der Waals surface area (Å²) in [5.74, 6) is 0.888.